The van der Waals surface area contributed by atoms with E-state index in [0.29, 0.717) is 12.8 Å². The summed E-state index contributed by atoms with van der Waals surface area (Å²) in [4.78, 5) is 12.0. The molecule has 1 atom stereocenters. The highest BCUT2D eigenvalue weighted by Crippen LogP contribution is 2.09. The molecule has 0 fully saturated rings. The van der Waals surface area contributed by atoms with Crippen LogP contribution in [-0.2, 0) is 11.2 Å². The van der Waals surface area contributed by atoms with Gasteiger partial charge in [0.05, 0.1) is 24.8 Å². The van der Waals surface area contributed by atoms with Crippen molar-refractivity contribution in [2.75, 3.05) is 13.2 Å². The third kappa shape index (κ3) is 4.31. The lowest BCUT2D eigenvalue weighted by Gasteiger charge is -2.31. The van der Waals surface area contributed by atoms with Crippen LogP contribution in [0, 0.1) is 0 Å². The number of carbonyl (C=O) groups is 1. The molecule has 5 N–H and O–H groups in total. The van der Waals surface area contributed by atoms with Gasteiger partial charge in [-0.3, -0.25) is 4.79 Å². The van der Waals surface area contributed by atoms with Gasteiger partial charge in [-0.05, 0) is 18.4 Å². The monoisotopic (exact) mass is 266 g/mol. The Hall–Kier alpha value is -1.43. The molecule has 1 aromatic rings. The number of amides is 1. The quantitative estimate of drug-likeness (QED) is 0.550. The lowest BCUT2D eigenvalue weighted by molar-refractivity contribution is -0.125. The zero-order valence-corrected chi connectivity index (χ0v) is 11.2. The highest BCUT2D eigenvalue weighted by atomic mass is 16.3. The molecule has 1 unspecified atom stereocenters. The van der Waals surface area contributed by atoms with Gasteiger partial charge in [0.1, 0.15) is 0 Å². The first kappa shape index (κ1) is 15.6. The molecule has 1 aromatic carbocycles. The van der Waals surface area contributed by atoms with Crippen molar-refractivity contribution < 1.29 is 15.0 Å². The molecular formula is C14H22N2O3. The first-order chi connectivity index (χ1) is 9.06. The van der Waals surface area contributed by atoms with Crippen LogP contribution in [0.1, 0.15) is 18.9 Å². The van der Waals surface area contributed by atoms with Gasteiger partial charge in [0.2, 0.25) is 5.91 Å². The van der Waals surface area contributed by atoms with E-state index in [-0.39, 0.29) is 19.1 Å². The van der Waals surface area contributed by atoms with E-state index in [9.17, 15) is 15.0 Å². The molecule has 0 heterocycles. The molecule has 0 spiro atoms. The molecule has 0 radical (unpaired) electrons. The number of rotatable bonds is 7. The number of aliphatic hydroxyl groups excluding tert-OH is 2. The van der Waals surface area contributed by atoms with Gasteiger partial charge in [0.25, 0.3) is 0 Å². The predicted octanol–water partition coefficient (Wildman–Crippen LogP) is -0.194. The lowest BCUT2D eigenvalue weighted by Crippen LogP contribution is -2.58. The number of hydrogen-bond donors (Lipinski definition) is 4. The van der Waals surface area contributed by atoms with Crippen LogP contribution in [0.3, 0.4) is 0 Å². The van der Waals surface area contributed by atoms with Gasteiger partial charge in [0, 0.05) is 0 Å². The molecule has 0 aliphatic rings. The van der Waals surface area contributed by atoms with Gasteiger partial charge in [-0.1, -0.05) is 37.3 Å². The number of nitrogens with two attached hydrogens (primary N) is 1. The zero-order valence-electron chi connectivity index (χ0n) is 11.2. The molecule has 0 aliphatic carbocycles. The number of nitrogens with one attached hydrogen (secondary N) is 1. The Kier molecular flexibility index (Phi) is 5.95. The van der Waals surface area contributed by atoms with Crippen LogP contribution >= 0.6 is 0 Å². The molecule has 0 saturated heterocycles. The molecule has 5 nitrogen and oxygen atoms in total. The Labute approximate surface area is 113 Å². The Morgan fingerprint density at radius 1 is 1.32 bits per heavy atom. The van der Waals surface area contributed by atoms with Gasteiger partial charge >= 0.3 is 0 Å². The van der Waals surface area contributed by atoms with E-state index in [2.05, 4.69) is 5.32 Å². The minimum absolute atomic E-state index is 0.316. The minimum Gasteiger partial charge on any atom is -0.394 e. The Balaban J connectivity index is 2.62. The summed E-state index contributed by atoms with van der Waals surface area (Å²) in [5.41, 5.74) is 5.82. The number of hydrogen-bond acceptors (Lipinski definition) is 4. The molecule has 19 heavy (non-hydrogen) atoms. The Bertz CT molecular complexity index is 383. The lowest BCUT2D eigenvalue weighted by atomic mass is 9.97. The van der Waals surface area contributed by atoms with Gasteiger partial charge in [-0.2, -0.15) is 0 Å². The van der Waals surface area contributed by atoms with Crippen molar-refractivity contribution >= 4 is 5.91 Å². The Morgan fingerprint density at radius 3 is 2.37 bits per heavy atom. The van der Waals surface area contributed by atoms with Crippen molar-refractivity contribution in [1.82, 2.24) is 5.32 Å². The summed E-state index contributed by atoms with van der Waals surface area (Å²) in [5.74, 6) is -0.367. The highest BCUT2D eigenvalue weighted by molar-refractivity contribution is 5.82. The summed E-state index contributed by atoms with van der Waals surface area (Å²) in [5, 5.41) is 21.2. The molecule has 0 aromatic heterocycles. The maximum atomic E-state index is 12.0. The van der Waals surface area contributed by atoms with Crippen molar-refractivity contribution in [2.45, 2.75) is 31.3 Å². The second-order valence-corrected chi connectivity index (χ2v) is 4.74. The SMILES string of the molecule is CCC(CO)(CO)NC(=O)C(N)Cc1ccccc1. The predicted molar refractivity (Wildman–Crippen MR) is 73.5 cm³/mol. The molecule has 5 heteroatoms. The van der Waals surface area contributed by atoms with Crippen molar-refractivity contribution in [3.05, 3.63) is 35.9 Å². The summed E-state index contributed by atoms with van der Waals surface area (Å²) < 4.78 is 0. The molecular weight excluding hydrogens is 244 g/mol. The van der Waals surface area contributed by atoms with Crippen molar-refractivity contribution in [3.63, 3.8) is 0 Å². The van der Waals surface area contributed by atoms with Gasteiger partial charge in [-0.25, -0.2) is 0 Å². The maximum absolute atomic E-state index is 12.0. The van der Waals surface area contributed by atoms with Crippen LogP contribution in [0.4, 0.5) is 0 Å². The third-order valence-electron chi connectivity index (χ3n) is 3.31. The summed E-state index contributed by atoms with van der Waals surface area (Å²) in [6.07, 6.45) is 0.854. The zero-order chi connectivity index (χ0) is 14.3. The van der Waals surface area contributed by atoms with E-state index in [0.717, 1.165) is 5.56 Å². The van der Waals surface area contributed by atoms with Crippen LogP contribution < -0.4 is 11.1 Å². The normalized spacial score (nSPS) is 13.1. The van der Waals surface area contributed by atoms with Crippen molar-refractivity contribution in [1.29, 1.82) is 0 Å². The molecule has 106 valence electrons. The fraction of sp³-hybridized carbons (Fsp3) is 0.500. The average molecular weight is 266 g/mol. The van der Waals surface area contributed by atoms with Crippen LogP contribution in [-0.4, -0.2) is 40.9 Å². The summed E-state index contributed by atoms with van der Waals surface area (Å²) >= 11 is 0. The van der Waals surface area contributed by atoms with Gasteiger partial charge in [0.15, 0.2) is 0 Å². The molecule has 0 aliphatic heterocycles. The highest BCUT2D eigenvalue weighted by Gasteiger charge is 2.30. The fourth-order valence-corrected chi connectivity index (χ4v) is 1.76. The maximum Gasteiger partial charge on any atom is 0.237 e. The minimum atomic E-state index is -0.995. The second-order valence-electron chi connectivity index (χ2n) is 4.74. The van der Waals surface area contributed by atoms with Crippen LogP contribution in [0.2, 0.25) is 0 Å². The van der Waals surface area contributed by atoms with E-state index >= 15 is 0 Å². The number of carbonyl (C=O) groups excluding carboxylic acids is 1. The van der Waals surface area contributed by atoms with Crippen LogP contribution in [0.15, 0.2) is 30.3 Å². The topological polar surface area (TPSA) is 95.6 Å². The largest absolute Gasteiger partial charge is 0.394 e. The van der Waals surface area contributed by atoms with Crippen LogP contribution in [0.5, 0.6) is 0 Å². The van der Waals surface area contributed by atoms with E-state index in [1.165, 1.54) is 0 Å². The van der Waals surface area contributed by atoms with Gasteiger partial charge < -0.3 is 21.3 Å². The van der Waals surface area contributed by atoms with Gasteiger partial charge in [-0.15, -0.1) is 0 Å². The fourth-order valence-electron chi connectivity index (χ4n) is 1.76. The first-order valence-electron chi connectivity index (χ1n) is 6.40. The Morgan fingerprint density at radius 2 is 1.89 bits per heavy atom. The van der Waals surface area contributed by atoms with Crippen molar-refractivity contribution in [2.24, 2.45) is 5.73 Å². The summed E-state index contributed by atoms with van der Waals surface area (Å²) in [6, 6.07) is 8.77. The standard InChI is InChI=1S/C14H22N2O3/c1-2-14(9-17,10-18)16-13(19)12(15)8-11-6-4-3-5-7-11/h3-7,12,17-18H,2,8-10,15H2,1H3,(H,16,19). The van der Waals surface area contributed by atoms with Crippen LogP contribution in [0.25, 0.3) is 0 Å². The van der Waals surface area contributed by atoms with E-state index < -0.39 is 11.6 Å². The third-order valence-corrected chi connectivity index (χ3v) is 3.31. The molecule has 0 bridgehead atoms. The molecule has 0 saturated carbocycles. The average Bonchev–Trinajstić information content (AvgIpc) is 2.45. The summed E-state index contributed by atoms with van der Waals surface area (Å²) in [7, 11) is 0. The number of aliphatic hydroxyl groups is 2. The smallest absolute Gasteiger partial charge is 0.237 e. The first-order valence-corrected chi connectivity index (χ1v) is 6.40. The molecule has 1 amide bonds. The number of benzene rings is 1. The van der Waals surface area contributed by atoms with E-state index in [4.69, 9.17) is 5.73 Å². The molecule has 1 rings (SSSR count). The van der Waals surface area contributed by atoms with E-state index in [1.54, 1.807) is 6.92 Å². The summed E-state index contributed by atoms with van der Waals surface area (Å²) in [6.45, 7) is 1.16. The van der Waals surface area contributed by atoms with E-state index in [1.807, 2.05) is 30.3 Å². The second kappa shape index (κ2) is 7.23. The van der Waals surface area contributed by atoms with Crippen molar-refractivity contribution in [3.8, 4) is 0 Å².